The normalized spacial score (nSPS) is 15.3. The van der Waals surface area contributed by atoms with Crippen LogP contribution < -0.4 is 0 Å². The molecule has 2 nitrogen and oxygen atoms in total. The molecular weight excluding hydrogens is 368 g/mol. The number of carboxylic acids is 1. The van der Waals surface area contributed by atoms with Gasteiger partial charge in [-0.25, -0.2) is 0 Å². The summed E-state index contributed by atoms with van der Waals surface area (Å²) < 4.78 is 0. The largest absolute Gasteiger partial charge is 0.481 e. The van der Waals surface area contributed by atoms with Crippen molar-refractivity contribution in [1.82, 2.24) is 0 Å². The van der Waals surface area contributed by atoms with Crippen molar-refractivity contribution in [2.75, 3.05) is 0 Å². The lowest BCUT2D eigenvalue weighted by molar-refractivity contribution is -0.137. The summed E-state index contributed by atoms with van der Waals surface area (Å²) in [7, 11) is 0. The molecule has 0 aromatic heterocycles. The van der Waals surface area contributed by atoms with Gasteiger partial charge in [-0.05, 0) is 55.8 Å². The van der Waals surface area contributed by atoms with Crippen LogP contribution in [-0.4, -0.2) is 11.1 Å². The molecule has 0 spiro atoms. The minimum Gasteiger partial charge on any atom is -0.481 e. The molecule has 2 heteroatoms. The van der Waals surface area contributed by atoms with Crippen LogP contribution in [0.15, 0.2) is 24.3 Å². The van der Waals surface area contributed by atoms with Crippen LogP contribution in [0.1, 0.15) is 125 Å². The highest BCUT2D eigenvalue weighted by atomic mass is 16.4. The van der Waals surface area contributed by atoms with Gasteiger partial charge in [0.25, 0.3) is 0 Å². The molecule has 0 aliphatic carbocycles. The molecule has 0 bridgehead atoms. The van der Waals surface area contributed by atoms with Crippen molar-refractivity contribution in [2.24, 2.45) is 23.7 Å². The Labute approximate surface area is 188 Å². The lowest BCUT2D eigenvalue weighted by Gasteiger charge is -2.15. The molecule has 3 atom stereocenters. The quantitative estimate of drug-likeness (QED) is 0.157. The monoisotopic (exact) mass is 420 g/mol. The maximum atomic E-state index is 10.4. The molecule has 0 saturated heterocycles. The van der Waals surface area contributed by atoms with E-state index in [9.17, 15) is 4.79 Å². The maximum absolute atomic E-state index is 10.4. The van der Waals surface area contributed by atoms with Crippen LogP contribution >= 0.6 is 0 Å². The third-order valence-electron chi connectivity index (χ3n) is 6.12. The van der Waals surface area contributed by atoms with Gasteiger partial charge in [0.2, 0.25) is 0 Å². The third-order valence-corrected chi connectivity index (χ3v) is 6.12. The number of carboxylic acid groups (broad SMARTS) is 1. The van der Waals surface area contributed by atoms with E-state index in [1.165, 1.54) is 57.8 Å². The number of aliphatic carboxylic acids is 1. The first-order chi connectivity index (χ1) is 14.3. The van der Waals surface area contributed by atoms with E-state index in [-0.39, 0.29) is 6.42 Å². The molecule has 1 N–H and O–H groups in total. The van der Waals surface area contributed by atoms with Crippen LogP contribution in [0.2, 0.25) is 0 Å². The fourth-order valence-electron chi connectivity index (χ4n) is 3.99. The van der Waals surface area contributed by atoms with E-state index >= 15 is 0 Å². The number of carbonyl (C=O) groups is 1. The van der Waals surface area contributed by atoms with Gasteiger partial charge in [0.05, 0.1) is 0 Å². The van der Waals surface area contributed by atoms with Crippen molar-refractivity contribution in [3.63, 3.8) is 0 Å². The maximum Gasteiger partial charge on any atom is 0.303 e. The van der Waals surface area contributed by atoms with E-state index in [2.05, 4.69) is 58.9 Å². The lowest BCUT2D eigenvalue weighted by atomic mass is 9.91. The molecule has 0 aromatic rings. The second-order valence-corrected chi connectivity index (χ2v) is 10.1. The van der Waals surface area contributed by atoms with E-state index < -0.39 is 5.97 Å². The number of hydrogen-bond donors (Lipinski definition) is 1. The van der Waals surface area contributed by atoms with Crippen LogP contribution in [0.5, 0.6) is 0 Å². The van der Waals surface area contributed by atoms with Gasteiger partial charge in [0, 0.05) is 6.42 Å². The summed E-state index contributed by atoms with van der Waals surface area (Å²) in [6.07, 6.45) is 25.5. The van der Waals surface area contributed by atoms with E-state index in [0.29, 0.717) is 5.92 Å². The van der Waals surface area contributed by atoms with Crippen molar-refractivity contribution >= 4 is 5.97 Å². The minimum atomic E-state index is -0.697. The molecule has 0 rings (SSSR count). The Morgan fingerprint density at radius 2 is 1.17 bits per heavy atom. The second-order valence-electron chi connectivity index (χ2n) is 10.1. The average Bonchev–Trinajstić information content (AvgIpc) is 2.66. The lowest BCUT2D eigenvalue weighted by Crippen LogP contribution is -2.01. The van der Waals surface area contributed by atoms with Crippen LogP contribution in [0.4, 0.5) is 0 Å². The zero-order valence-corrected chi connectivity index (χ0v) is 20.9. The Kier molecular flexibility index (Phi) is 19.2. The van der Waals surface area contributed by atoms with Crippen molar-refractivity contribution in [3.05, 3.63) is 24.3 Å². The Bertz CT molecular complexity index is 450. The fraction of sp³-hybridized carbons (Fsp3) is 0.821. The third kappa shape index (κ3) is 21.7. The highest BCUT2D eigenvalue weighted by molar-refractivity contribution is 5.66. The zero-order valence-electron chi connectivity index (χ0n) is 20.9. The van der Waals surface area contributed by atoms with Crippen LogP contribution in [0.3, 0.4) is 0 Å². The van der Waals surface area contributed by atoms with Gasteiger partial charge in [0.15, 0.2) is 0 Å². The zero-order chi connectivity index (χ0) is 22.6. The molecule has 0 saturated carbocycles. The first-order valence-electron chi connectivity index (χ1n) is 12.8. The van der Waals surface area contributed by atoms with E-state index in [1.807, 2.05) is 0 Å². The molecule has 0 heterocycles. The number of rotatable bonds is 20. The summed E-state index contributed by atoms with van der Waals surface area (Å²) in [6, 6.07) is 0. The molecule has 0 aromatic carbocycles. The van der Waals surface area contributed by atoms with Gasteiger partial charge in [-0.15, -0.1) is 0 Å². The van der Waals surface area contributed by atoms with Crippen LogP contribution in [0, 0.1) is 23.7 Å². The Hall–Kier alpha value is -1.05. The van der Waals surface area contributed by atoms with Crippen molar-refractivity contribution in [2.45, 2.75) is 125 Å². The Morgan fingerprint density at radius 1 is 0.667 bits per heavy atom. The standard InChI is InChI=1S/C28H52O2/c1-24(2)16-13-18-26(4)20-15-22-27(5)21-14-19-25(3)17-11-9-7-6-8-10-12-23-28(29)30/h6,8,11,17,24-27H,7,9-10,12-16,18-23H2,1-5H3,(H,29,30)/b8-6-,17-11-. The van der Waals surface area contributed by atoms with Crippen LogP contribution in [0.25, 0.3) is 0 Å². The predicted octanol–water partition coefficient (Wildman–Crippen LogP) is 9.21. The minimum absolute atomic E-state index is 0.276. The van der Waals surface area contributed by atoms with Crippen molar-refractivity contribution < 1.29 is 9.90 Å². The predicted molar refractivity (Wildman–Crippen MR) is 133 cm³/mol. The highest BCUT2D eigenvalue weighted by Gasteiger charge is 2.07. The van der Waals surface area contributed by atoms with Gasteiger partial charge in [0.1, 0.15) is 0 Å². The SMILES string of the molecule is CC(C)CCCC(C)CCCC(C)CCCC(C)/C=C\CC/C=C\CCCC(=O)O. The second kappa shape index (κ2) is 19.9. The average molecular weight is 421 g/mol. The molecule has 0 fully saturated rings. The Morgan fingerprint density at radius 3 is 1.73 bits per heavy atom. The van der Waals surface area contributed by atoms with Crippen molar-refractivity contribution in [1.29, 1.82) is 0 Å². The van der Waals surface area contributed by atoms with E-state index in [0.717, 1.165) is 43.4 Å². The number of unbranched alkanes of at least 4 members (excludes halogenated alkanes) is 2. The van der Waals surface area contributed by atoms with Gasteiger partial charge >= 0.3 is 5.97 Å². The summed E-state index contributed by atoms with van der Waals surface area (Å²) in [4.78, 5) is 10.4. The van der Waals surface area contributed by atoms with Crippen LogP contribution in [-0.2, 0) is 4.79 Å². The van der Waals surface area contributed by atoms with Crippen molar-refractivity contribution in [3.8, 4) is 0 Å². The molecule has 176 valence electrons. The summed E-state index contributed by atoms with van der Waals surface area (Å²) in [5, 5.41) is 8.59. The summed E-state index contributed by atoms with van der Waals surface area (Å²) >= 11 is 0. The molecule has 0 aliphatic rings. The molecule has 30 heavy (non-hydrogen) atoms. The molecule has 0 aliphatic heterocycles. The number of allylic oxidation sites excluding steroid dienone is 4. The van der Waals surface area contributed by atoms with Gasteiger partial charge in [-0.3, -0.25) is 4.79 Å². The Balaban J connectivity index is 3.61. The summed E-state index contributed by atoms with van der Waals surface area (Å²) in [5.41, 5.74) is 0. The molecule has 3 unspecified atom stereocenters. The highest BCUT2D eigenvalue weighted by Crippen LogP contribution is 2.22. The van der Waals surface area contributed by atoms with Gasteiger partial charge < -0.3 is 5.11 Å². The summed E-state index contributed by atoms with van der Waals surface area (Å²) in [5.74, 6) is 2.61. The molecule has 0 amide bonds. The van der Waals surface area contributed by atoms with Gasteiger partial charge in [-0.2, -0.15) is 0 Å². The smallest absolute Gasteiger partial charge is 0.303 e. The van der Waals surface area contributed by atoms with E-state index in [4.69, 9.17) is 5.11 Å². The fourth-order valence-corrected chi connectivity index (χ4v) is 3.99. The van der Waals surface area contributed by atoms with Gasteiger partial charge in [-0.1, -0.05) is 110 Å². The molecular formula is C28H52O2. The first-order valence-corrected chi connectivity index (χ1v) is 12.8. The van der Waals surface area contributed by atoms with E-state index in [1.54, 1.807) is 0 Å². The first kappa shape index (κ1) is 28.9. The number of hydrogen-bond acceptors (Lipinski definition) is 1. The summed E-state index contributed by atoms with van der Waals surface area (Å²) in [6.45, 7) is 11.9. The molecule has 0 radical (unpaired) electrons. The topological polar surface area (TPSA) is 37.3 Å².